The molecule has 0 amide bonds. The summed E-state index contributed by atoms with van der Waals surface area (Å²) >= 11 is 0. The van der Waals surface area contributed by atoms with Crippen molar-refractivity contribution in [1.82, 2.24) is 0 Å². The van der Waals surface area contributed by atoms with Gasteiger partial charge in [-0.3, -0.25) is 9.59 Å². The van der Waals surface area contributed by atoms with Gasteiger partial charge in [-0.05, 0) is 95.1 Å². The summed E-state index contributed by atoms with van der Waals surface area (Å²) in [5, 5.41) is 20.0. The van der Waals surface area contributed by atoms with E-state index in [1.165, 1.54) is 24.3 Å². The first-order valence-corrected chi connectivity index (χ1v) is 17.5. The molecule has 0 aliphatic carbocycles. The predicted molar refractivity (Wildman–Crippen MR) is 226 cm³/mol. The van der Waals surface area contributed by atoms with E-state index < -0.39 is 0 Å². The topological polar surface area (TPSA) is 148 Å². The molecule has 4 aromatic carbocycles. The molecule has 13 heteroatoms. The zero-order valence-corrected chi connectivity index (χ0v) is 37.4. The van der Waals surface area contributed by atoms with Gasteiger partial charge in [0, 0.05) is 31.6 Å². The molecule has 0 atom stereocenters. The third kappa shape index (κ3) is 15.6. The Kier molecular flexibility index (Phi) is 20.9. The number of rotatable bonds is 18. The number of ketones is 2. The van der Waals surface area contributed by atoms with Gasteiger partial charge in [0.05, 0.1) is 56.9 Å². The second-order valence-corrected chi connectivity index (χ2v) is 11.7. The average Bonchev–Trinajstić information content (AvgIpc) is 3.25. The first-order chi connectivity index (χ1) is 28.0. The predicted octanol–water partition coefficient (Wildman–Crippen LogP) is 8.91. The summed E-state index contributed by atoms with van der Waals surface area (Å²) in [6.45, 7) is 0. The normalized spacial score (nSPS) is 11.5. The van der Waals surface area contributed by atoms with Crippen LogP contribution in [0.1, 0.15) is 22.3 Å². The van der Waals surface area contributed by atoms with Crippen molar-refractivity contribution in [1.29, 1.82) is 0 Å². The van der Waals surface area contributed by atoms with E-state index in [1.807, 2.05) is 12.1 Å². The maximum atomic E-state index is 12.1. The molecule has 0 radical (unpaired) electrons. The molecule has 0 fully saturated rings. The smallest absolute Gasteiger partial charge is 0.182 e. The third-order valence-electron chi connectivity index (χ3n) is 7.98. The molecule has 0 spiro atoms. The van der Waals surface area contributed by atoms with E-state index in [0.29, 0.717) is 46.0 Å². The summed E-state index contributed by atoms with van der Waals surface area (Å²) in [5.74, 6) is 3.69. The molecule has 0 aliphatic rings. The Morgan fingerprint density at radius 1 is 0.373 bits per heavy atom. The molecule has 0 saturated carbocycles. The van der Waals surface area contributed by atoms with Crippen LogP contribution in [0.4, 0.5) is 0 Å². The average molecular weight is 858 g/mol. The largest absolute Gasteiger partial charge is 0.508 e. The number of carbonyl (C=O) groups excluding carboxylic acids is 2. The number of allylic oxidation sites excluding steroid dienone is 6. The van der Waals surface area contributed by atoms with Gasteiger partial charge in [-0.2, -0.15) is 0 Å². The second kappa shape index (κ2) is 25.5. The van der Waals surface area contributed by atoms with Gasteiger partial charge < -0.3 is 48.1 Å². The Bertz CT molecular complexity index is 2040. The van der Waals surface area contributed by atoms with E-state index in [4.69, 9.17) is 37.9 Å². The molecule has 0 aliphatic heterocycles. The van der Waals surface area contributed by atoms with Crippen LogP contribution in [0.2, 0.25) is 0 Å². The number of hydrogen-bond donors (Lipinski definition) is 2. The summed E-state index contributed by atoms with van der Waals surface area (Å²) in [5.41, 5.74) is 3.11. The number of benzene rings is 4. The van der Waals surface area contributed by atoms with Crippen LogP contribution in [0.5, 0.6) is 46.0 Å². The van der Waals surface area contributed by atoms with Crippen LogP contribution in [0.15, 0.2) is 121 Å². The first-order valence-electron chi connectivity index (χ1n) is 17.5. The first kappa shape index (κ1) is 48.4. The molecule has 0 saturated heterocycles. The van der Waals surface area contributed by atoms with Gasteiger partial charge in [0.1, 0.15) is 11.5 Å². The zero-order chi connectivity index (χ0) is 42.5. The van der Waals surface area contributed by atoms with E-state index in [-0.39, 0.29) is 42.6 Å². The summed E-state index contributed by atoms with van der Waals surface area (Å²) in [6, 6.07) is 21.3. The zero-order valence-electron chi connectivity index (χ0n) is 34.4. The van der Waals surface area contributed by atoms with Crippen molar-refractivity contribution >= 4 is 35.9 Å². The van der Waals surface area contributed by atoms with Gasteiger partial charge in [0.2, 0.25) is 0 Å². The molecule has 4 rings (SSSR count). The summed E-state index contributed by atoms with van der Waals surface area (Å²) in [7, 11) is 12.4. The summed E-state index contributed by atoms with van der Waals surface area (Å²) in [6.07, 6.45) is 14.5. The Hall–Kier alpha value is -6.72. The summed E-state index contributed by atoms with van der Waals surface area (Å²) < 4.78 is 41.7. The Balaban J connectivity index is 0.000000400. The maximum absolute atomic E-state index is 12.1. The van der Waals surface area contributed by atoms with Crippen LogP contribution in [0, 0.1) is 0 Å². The van der Waals surface area contributed by atoms with Crippen molar-refractivity contribution in [2.24, 2.45) is 0 Å². The van der Waals surface area contributed by atoms with Gasteiger partial charge >= 0.3 is 0 Å². The number of aliphatic hydroxyl groups excluding tert-OH is 2. The van der Waals surface area contributed by atoms with Crippen LogP contribution in [-0.2, 0) is 29.1 Å². The quantitative estimate of drug-likeness (QED) is 0.0426. The fourth-order valence-corrected chi connectivity index (χ4v) is 5.03. The van der Waals surface area contributed by atoms with Crippen LogP contribution < -0.4 is 37.9 Å². The number of hydrogen-bond acceptors (Lipinski definition) is 12. The fraction of sp³-hybridized carbons (Fsp3) is 0.174. The van der Waals surface area contributed by atoms with Crippen LogP contribution in [0.25, 0.3) is 24.3 Å². The molecule has 0 unspecified atom stereocenters. The van der Waals surface area contributed by atoms with Crippen molar-refractivity contribution in [2.75, 3.05) is 56.9 Å². The van der Waals surface area contributed by atoms with Crippen molar-refractivity contribution in [3.63, 3.8) is 0 Å². The van der Waals surface area contributed by atoms with Gasteiger partial charge in [0.25, 0.3) is 0 Å². The number of methoxy groups -OCH3 is 8. The Morgan fingerprint density at radius 2 is 0.593 bits per heavy atom. The fourth-order valence-electron chi connectivity index (χ4n) is 5.03. The van der Waals surface area contributed by atoms with E-state index in [1.54, 1.807) is 142 Å². The van der Waals surface area contributed by atoms with E-state index in [9.17, 15) is 19.8 Å². The minimum Gasteiger partial charge on any atom is -0.508 e. The van der Waals surface area contributed by atoms with Gasteiger partial charge in [-0.25, -0.2) is 0 Å². The van der Waals surface area contributed by atoms with E-state index >= 15 is 0 Å². The van der Waals surface area contributed by atoms with Crippen LogP contribution in [-0.4, -0.2) is 78.7 Å². The van der Waals surface area contributed by atoms with Gasteiger partial charge in [-0.1, -0.05) is 48.6 Å². The van der Waals surface area contributed by atoms with Crippen molar-refractivity contribution in [3.05, 3.63) is 143 Å². The second-order valence-electron chi connectivity index (χ2n) is 11.7. The van der Waals surface area contributed by atoms with E-state index in [2.05, 4.69) is 0 Å². The molecule has 0 aromatic heterocycles. The molecule has 2 N–H and O–H groups in total. The van der Waals surface area contributed by atoms with Gasteiger partial charge in [-0.15, -0.1) is 0 Å². The number of aliphatic hydroxyl groups is 2. The van der Waals surface area contributed by atoms with Gasteiger partial charge in [0.15, 0.2) is 57.6 Å². The third-order valence-corrected chi connectivity index (χ3v) is 7.98. The molecule has 0 bridgehead atoms. The van der Waals surface area contributed by atoms with Crippen LogP contribution >= 0.6 is 0 Å². The molecular weight excluding hydrogens is 810 g/mol. The summed E-state index contributed by atoms with van der Waals surface area (Å²) in [4.78, 5) is 24.1. The number of carbonyl (C=O) groups is 2. The minimum atomic E-state index is -0.353. The van der Waals surface area contributed by atoms with Crippen molar-refractivity contribution in [3.8, 4) is 46.0 Å². The molecule has 59 heavy (non-hydrogen) atoms. The SMILES string of the molecule is COc1ccc(/C=C/C(=O)/C=C(O)/C=C/c2ccc(OC)c(OC)c2)cc1OC.COc1ccc(/C=C/C(=O)/C=C(O)/C=C/c2ccc(OC)c(OC)c2)cc1OC.[Zn]. The molecule has 4 aromatic rings. The van der Waals surface area contributed by atoms with E-state index in [0.717, 1.165) is 34.4 Å². The molecule has 306 valence electrons. The Morgan fingerprint density at radius 3 is 0.814 bits per heavy atom. The van der Waals surface area contributed by atoms with Crippen molar-refractivity contribution in [2.45, 2.75) is 0 Å². The molecule has 12 nitrogen and oxygen atoms in total. The number of ether oxygens (including phenoxy) is 8. The Labute approximate surface area is 357 Å². The molecule has 0 heterocycles. The van der Waals surface area contributed by atoms with Crippen molar-refractivity contribution < 1.29 is 77.2 Å². The maximum Gasteiger partial charge on any atom is 0.182 e. The monoisotopic (exact) mass is 856 g/mol. The molecular formula is C46H48O12Zn. The van der Waals surface area contributed by atoms with Crippen LogP contribution in [0.3, 0.4) is 0 Å². The minimum absolute atomic E-state index is 0. The standard InChI is InChI=1S/2C23H24O6.Zn/c2*1-26-20-11-7-16(13-22(20)28-3)5-9-18(24)15-19(25)10-6-17-8-12-21(27-2)23(14-17)29-4;/h2*5-15,24H,1-4H3;/b2*9-5+,10-6+,18-15-;.